The summed E-state index contributed by atoms with van der Waals surface area (Å²) in [5.41, 5.74) is 7.04. The van der Waals surface area contributed by atoms with E-state index in [1.165, 1.54) is 31.4 Å². The first-order valence-corrected chi connectivity index (χ1v) is 6.85. The summed E-state index contributed by atoms with van der Waals surface area (Å²) in [6, 6.07) is 4.67. The van der Waals surface area contributed by atoms with Crippen molar-refractivity contribution in [3.05, 3.63) is 29.6 Å². The number of nitrogens with two attached hydrogens (primary N) is 1. The van der Waals surface area contributed by atoms with Crippen LogP contribution in [0.3, 0.4) is 0 Å². The second-order valence-electron chi connectivity index (χ2n) is 5.81. The molecule has 3 unspecified atom stereocenters. The summed E-state index contributed by atoms with van der Waals surface area (Å²) in [6.07, 6.45) is 5.52. The Kier molecular flexibility index (Phi) is 2.81. The molecule has 3 atom stereocenters. The highest BCUT2D eigenvalue weighted by molar-refractivity contribution is 5.39. The molecule has 0 aromatic heterocycles. The molecule has 1 aliphatic carbocycles. The van der Waals surface area contributed by atoms with Crippen LogP contribution in [0.4, 0.5) is 4.39 Å². The minimum Gasteiger partial charge on any atom is -0.486 e. The first kappa shape index (κ1) is 12.0. The predicted molar refractivity (Wildman–Crippen MR) is 68.9 cm³/mol. The number of hydrogen-bond acceptors (Lipinski definition) is 2. The van der Waals surface area contributed by atoms with E-state index in [9.17, 15) is 4.39 Å². The van der Waals surface area contributed by atoms with Crippen molar-refractivity contribution in [2.75, 3.05) is 0 Å². The van der Waals surface area contributed by atoms with Crippen molar-refractivity contribution >= 4 is 0 Å². The van der Waals surface area contributed by atoms with Gasteiger partial charge in [-0.25, -0.2) is 4.39 Å². The zero-order chi connectivity index (χ0) is 12.8. The Labute approximate surface area is 107 Å². The molecule has 1 fully saturated rings. The predicted octanol–water partition coefficient (Wildman–Crippen LogP) is 3.56. The molecular weight excluding hydrogens is 229 g/mol. The quantitative estimate of drug-likeness (QED) is 0.763. The van der Waals surface area contributed by atoms with Crippen LogP contribution in [0.1, 0.15) is 50.6 Å². The molecule has 0 saturated heterocycles. The van der Waals surface area contributed by atoms with Crippen LogP contribution in [0, 0.1) is 11.7 Å². The van der Waals surface area contributed by atoms with Crippen LogP contribution in [0.15, 0.2) is 18.2 Å². The van der Waals surface area contributed by atoms with E-state index in [-0.39, 0.29) is 17.5 Å². The summed E-state index contributed by atoms with van der Waals surface area (Å²) in [4.78, 5) is 0. The fraction of sp³-hybridized carbons (Fsp3) is 0.600. The van der Waals surface area contributed by atoms with Crippen LogP contribution < -0.4 is 10.5 Å². The summed E-state index contributed by atoms with van der Waals surface area (Å²) in [5.74, 6) is 0.901. The first-order chi connectivity index (χ1) is 8.61. The highest BCUT2D eigenvalue weighted by Crippen LogP contribution is 2.47. The Bertz CT molecular complexity index is 462. The fourth-order valence-electron chi connectivity index (χ4n) is 3.48. The molecule has 1 saturated carbocycles. The lowest BCUT2D eigenvalue weighted by molar-refractivity contribution is -0.0409. The van der Waals surface area contributed by atoms with Crippen molar-refractivity contribution in [1.82, 2.24) is 0 Å². The average Bonchev–Trinajstić information content (AvgIpc) is 2.32. The molecule has 1 aliphatic heterocycles. The number of rotatable bonds is 0. The Morgan fingerprint density at radius 2 is 2.22 bits per heavy atom. The molecule has 1 aromatic carbocycles. The van der Waals surface area contributed by atoms with Gasteiger partial charge in [-0.2, -0.15) is 0 Å². The van der Waals surface area contributed by atoms with Crippen molar-refractivity contribution in [1.29, 1.82) is 0 Å². The molecule has 2 N–H and O–H groups in total. The number of ether oxygens (including phenoxy) is 1. The van der Waals surface area contributed by atoms with Gasteiger partial charge in [-0.15, -0.1) is 0 Å². The minimum absolute atomic E-state index is 0.0325. The second-order valence-corrected chi connectivity index (χ2v) is 5.81. The van der Waals surface area contributed by atoms with Gasteiger partial charge in [0.15, 0.2) is 0 Å². The molecule has 0 radical (unpaired) electrons. The van der Waals surface area contributed by atoms with Gasteiger partial charge in [0.2, 0.25) is 0 Å². The summed E-state index contributed by atoms with van der Waals surface area (Å²) < 4.78 is 19.6. The smallest absolute Gasteiger partial charge is 0.127 e. The zero-order valence-corrected chi connectivity index (χ0v) is 10.8. The third-order valence-electron chi connectivity index (χ3n) is 4.64. The molecule has 1 spiro atoms. The van der Waals surface area contributed by atoms with Gasteiger partial charge in [0.25, 0.3) is 0 Å². The molecule has 0 amide bonds. The first-order valence-electron chi connectivity index (χ1n) is 6.85. The van der Waals surface area contributed by atoms with Crippen LogP contribution in [0.2, 0.25) is 0 Å². The second kappa shape index (κ2) is 4.23. The number of halogens is 1. The zero-order valence-electron chi connectivity index (χ0n) is 10.8. The SMILES string of the molecule is CC1CCCCC12CC(N)c1ccc(F)cc1O2. The molecule has 2 nitrogen and oxygen atoms in total. The molecule has 18 heavy (non-hydrogen) atoms. The van der Waals surface area contributed by atoms with Gasteiger partial charge in [0.05, 0.1) is 0 Å². The Morgan fingerprint density at radius 3 is 3.00 bits per heavy atom. The summed E-state index contributed by atoms with van der Waals surface area (Å²) in [5, 5.41) is 0. The van der Waals surface area contributed by atoms with E-state index in [0.717, 1.165) is 18.4 Å². The normalized spacial score (nSPS) is 35.1. The van der Waals surface area contributed by atoms with Crippen molar-refractivity contribution < 1.29 is 9.13 Å². The van der Waals surface area contributed by atoms with Crippen LogP contribution in [-0.2, 0) is 0 Å². The third kappa shape index (κ3) is 1.81. The van der Waals surface area contributed by atoms with Crippen molar-refractivity contribution in [3.8, 4) is 5.75 Å². The average molecular weight is 249 g/mol. The lowest BCUT2D eigenvalue weighted by Crippen LogP contribution is -2.49. The Morgan fingerprint density at radius 1 is 1.39 bits per heavy atom. The Hall–Kier alpha value is -1.09. The van der Waals surface area contributed by atoms with E-state index in [1.54, 1.807) is 6.07 Å². The highest BCUT2D eigenvalue weighted by atomic mass is 19.1. The molecule has 0 bridgehead atoms. The lowest BCUT2D eigenvalue weighted by atomic mass is 9.71. The van der Waals surface area contributed by atoms with Gasteiger partial charge in [-0.05, 0) is 31.2 Å². The molecule has 1 aromatic rings. The molecule has 1 heterocycles. The maximum Gasteiger partial charge on any atom is 0.127 e. The van der Waals surface area contributed by atoms with Crippen LogP contribution in [0.25, 0.3) is 0 Å². The van der Waals surface area contributed by atoms with Crippen molar-refractivity contribution in [2.24, 2.45) is 11.7 Å². The molecule has 3 rings (SSSR count). The number of fused-ring (bicyclic) bond motifs is 1. The van der Waals surface area contributed by atoms with Gasteiger partial charge >= 0.3 is 0 Å². The standard InChI is InChI=1S/C15H20FNO/c1-10-4-2-3-7-15(10)9-13(17)12-6-5-11(16)8-14(12)18-15/h5-6,8,10,13H,2-4,7,9,17H2,1H3. The van der Waals surface area contributed by atoms with Gasteiger partial charge in [0.1, 0.15) is 17.2 Å². The fourth-order valence-corrected chi connectivity index (χ4v) is 3.48. The third-order valence-corrected chi connectivity index (χ3v) is 4.64. The van der Waals surface area contributed by atoms with Gasteiger partial charge in [0, 0.05) is 24.1 Å². The van der Waals surface area contributed by atoms with Crippen LogP contribution in [-0.4, -0.2) is 5.60 Å². The maximum atomic E-state index is 13.4. The highest BCUT2D eigenvalue weighted by Gasteiger charge is 2.45. The van der Waals surface area contributed by atoms with Gasteiger partial charge in [-0.3, -0.25) is 0 Å². The van der Waals surface area contributed by atoms with Crippen molar-refractivity contribution in [2.45, 2.75) is 50.7 Å². The minimum atomic E-state index is -0.249. The number of hydrogen-bond donors (Lipinski definition) is 1. The molecular formula is C15H20FNO. The maximum absolute atomic E-state index is 13.4. The summed E-state index contributed by atoms with van der Waals surface area (Å²) in [6.45, 7) is 2.23. The van der Waals surface area contributed by atoms with Gasteiger partial charge < -0.3 is 10.5 Å². The Balaban J connectivity index is 1.99. The van der Waals surface area contributed by atoms with E-state index in [4.69, 9.17) is 10.5 Å². The lowest BCUT2D eigenvalue weighted by Gasteiger charge is -2.47. The molecule has 98 valence electrons. The molecule has 2 aliphatic rings. The number of benzene rings is 1. The van der Waals surface area contributed by atoms with Gasteiger partial charge in [-0.1, -0.05) is 19.4 Å². The van der Waals surface area contributed by atoms with E-state index in [1.807, 2.05) is 0 Å². The van der Waals surface area contributed by atoms with E-state index in [0.29, 0.717) is 11.7 Å². The monoisotopic (exact) mass is 249 g/mol. The molecule has 3 heteroatoms. The van der Waals surface area contributed by atoms with E-state index < -0.39 is 0 Å². The topological polar surface area (TPSA) is 35.2 Å². The van der Waals surface area contributed by atoms with Crippen LogP contribution in [0.5, 0.6) is 5.75 Å². The van der Waals surface area contributed by atoms with E-state index in [2.05, 4.69) is 6.92 Å². The summed E-state index contributed by atoms with van der Waals surface area (Å²) >= 11 is 0. The van der Waals surface area contributed by atoms with E-state index >= 15 is 0 Å². The largest absolute Gasteiger partial charge is 0.486 e. The van der Waals surface area contributed by atoms with Crippen LogP contribution >= 0.6 is 0 Å². The summed E-state index contributed by atoms with van der Waals surface area (Å²) in [7, 11) is 0. The van der Waals surface area contributed by atoms with Crippen molar-refractivity contribution in [3.63, 3.8) is 0 Å².